The van der Waals surface area contributed by atoms with Crippen LogP contribution in [0.4, 0.5) is 27.1 Å². The zero-order valence-electron chi connectivity index (χ0n) is 9.26. The molecule has 0 spiro atoms. The number of nitrogens with two attached hydrogens (primary N) is 1. The SMILES string of the molecule is Nc1ccc(Nc2cccc(F)c2[N+](=O)[O-])cc1. The van der Waals surface area contributed by atoms with E-state index in [0.29, 0.717) is 11.4 Å². The van der Waals surface area contributed by atoms with Crippen LogP contribution in [-0.4, -0.2) is 4.92 Å². The maximum absolute atomic E-state index is 13.4. The predicted octanol–water partition coefficient (Wildman–Crippen LogP) is 3.06. The van der Waals surface area contributed by atoms with Crippen molar-refractivity contribution in [2.45, 2.75) is 0 Å². The summed E-state index contributed by atoms with van der Waals surface area (Å²) in [4.78, 5) is 10.0. The maximum atomic E-state index is 13.4. The fourth-order valence-corrected chi connectivity index (χ4v) is 1.52. The Balaban J connectivity index is 2.37. The molecule has 0 atom stereocenters. The maximum Gasteiger partial charge on any atom is 0.327 e. The number of rotatable bonds is 3. The Morgan fingerprint density at radius 1 is 1.17 bits per heavy atom. The van der Waals surface area contributed by atoms with Crippen LogP contribution in [0.1, 0.15) is 0 Å². The monoisotopic (exact) mass is 247 g/mol. The first-order chi connectivity index (χ1) is 8.58. The molecule has 0 amide bonds. The van der Waals surface area contributed by atoms with Crippen LogP contribution in [0, 0.1) is 15.9 Å². The van der Waals surface area contributed by atoms with Gasteiger partial charge in [0.15, 0.2) is 0 Å². The van der Waals surface area contributed by atoms with E-state index in [-0.39, 0.29) is 5.69 Å². The van der Waals surface area contributed by atoms with Gasteiger partial charge in [-0.15, -0.1) is 0 Å². The summed E-state index contributed by atoms with van der Waals surface area (Å²) < 4.78 is 13.4. The third kappa shape index (κ3) is 2.37. The van der Waals surface area contributed by atoms with Gasteiger partial charge in [0.1, 0.15) is 5.69 Å². The van der Waals surface area contributed by atoms with Crippen LogP contribution >= 0.6 is 0 Å². The minimum atomic E-state index is -0.875. The van der Waals surface area contributed by atoms with Crippen LogP contribution in [0.25, 0.3) is 0 Å². The first-order valence-electron chi connectivity index (χ1n) is 5.13. The average Bonchev–Trinajstić information content (AvgIpc) is 2.32. The molecule has 0 unspecified atom stereocenters. The summed E-state index contributed by atoms with van der Waals surface area (Å²) in [5.74, 6) is -0.875. The number of nitrogens with zero attached hydrogens (tertiary/aromatic N) is 1. The molecule has 2 rings (SSSR count). The van der Waals surface area contributed by atoms with Gasteiger partial charge in [0.25, 0.3) is 0 Å². The van der Waals surface area contributed by atoms with E-state index < -0.39 is 16.4 Å². The second kappa shape index (κ2) is 4.70. The Hall–Kier alpha value is -2.63. The molecule has 3 N–H and O–H groups in total. The summed E-state index contributed by atoms with van der Waals surface area (Å²) in [7, 11) is 0. The molecule has 5 nitrogen and oxygen atoms in total. The molecule has 0 heterocycles. The van der Waals surface area contributed by atoms with Gasteiger partial charge in [-0.2, -0.15) is 4.39 Å². The molecule has 0 saturated carbocycles. The van der Waals surface area contributed by atoms with Crippen molar-refractivity contribution in [3.05, 3.63) is 58.4 Å². The van der Waals surface area contributed by atoms with E-state index in [1.807, 2.05) is 0 Å². The smallest absolute Gasteiger partial charge is 0.327 e. The fraction of sp³-hybridized carbons (Fsp3) is 0. The Bertz CT molecular complexity index is 584. The molecule has 6 heteroatoms. The van der Waals surface area contributed by atoms with E-state index in [2.05, 4.69) is 5.32 Å². The van der Waals surface area contributed by atoms with Gasteiger partial charge in [0.2, 0.25) is 5.82 Å². The highest BCUT2D eigenvalue weighted by Gasteiger charge is 2.19. The predicted molar refractivity (Wildman–Crippen MR) is 67.2 cm³/mol. The molecule has 0 saturated heterocycles. The second-order valence-electron chi connectivity index (χ2n) is 3.64. The van der Waals surface area contributed by atoms with Crippen molar-refractivity contribution in [1.82, 2.24) is 0 Å². The van der Waals surface area contributed by atoms with Crippen LogP contribution in [0.15, 0.2) is 42.5 Å². The van der Waals surface area contributed by atoms with E-state index in [0.717, 1.165) is 6.07 Å². The summed E-state index contributed by atoms with van der Waals surface area (Å²) in [5.41, 5.74) is 6.23. The number of anilines is 3. The van der Waals surface area contributed by atoms with Crippen molar-refractivity contribution in [2.75, 3.05) is 11.1 Å². The number of para-hydroxylation sites is 1. The first kappa shape index (κ1) is 11.8. The van der Waals surface area contributed by atoms with E-state index >= 15 is 0 Å². The van der Waals surface area contributed by atoms with E-state index in [9.17, 15) is 14.5 Å². The molecule has 92 valence electrons. The second-order valence-corrected chi connectivity index (χ2v) is 3.64. The number of hydrogen-bond donors (Lipinski definition) is 2. The van der Waals surface area contributed by atoms with Crippen molar-refractivity contribution in [3.63, 3.8) is 0 Å². The number of nitrogens with one attached hydrogen (secondary N) is 1. The van der Waals surface area contributed by atoms with Crippen molar-refractivity contribution >= 4 is 22.7 Å². The Morgan fingerprint density at radius 2 is 1.83 bits per heavy atom. The van der Waals surface area contributed by atoms with Crippen LogP contribution < -0.4 is 11.1 Å². The molecular formula is C12H10FN3O2. The van der Waals surface area contributed by atoms with Gasteiger partial charge in [0.05, 0.1) is 4.92 Å². The lowest BCUT2D eigenvalue weighted by molar-refractivity contribution is -0.386. The number of hydrogen-bond acceptors (Lipinski definition) is 4. The number of halogens is 1. The van der Waals surface area contributed by atoms with Crippen LogP contribution in [0.5, 0.6) is 0 Å². The summed E-state index contributed by atoms with van der Waals surface area (Å²) in [6.45, 7) is 0. The lowest BCUT2D eigenvalue weighted by atomic mass is 10.2. The van der Waals surface area contributed by atoms with E-state index in [4.69, 9.17) is 5.73 Å². The number of benzene rings is 2. The first-order valence-corrected chi connectivity index (χ1v) is 5.13. The Kier molecular flexibility index (Phi) is 3.09. The highest BCUT2D eigenvalue weighted by Crippen LogP contribution is 2.30. The molecule has 0 aromatic heterocycles. The Labute approximate surface area is 102 Å². The molecular weight excluding hydrogens is 237 g/mol. The molecule has 2 aromatic rings. The molecule has 0 bridgehead atoms. The van der Waals surface area contributed by atoms with Gasteiger partial charge in [0, 0.05) is 11.4 Å². The molecule has 2 aromatic carbocycles. The van der Waals surface area contributed by atoms with Crippen molar-refractivity contribution < 1.29 is 9.31 Å². The van der Waals surface area contributed by atoms with Crippen LogP contribution in [-0.2, 0) is 0 Å². The van der Waals surface area contributed by atoms with Gasteiger partial charge in [-0.05, 0) is 36.4 Å². The number of nitro groups is 1. The summed E-state index contributed by atoms with van der Waals surface area (Å²) in [6, 6.07) is 10.5. The quantitative estimate of drug-likeness (QED) is 0.496. The van der Waals surface area contributed by atoms with Crippen LogP contribution in [0.2, 0.25) is 0 Å². The summed E-state index contributed by atoms with van der Waals surface area (Å²) in [5, 5.41) is 13.6. The molecule has 18 heavy (non-hydrogen) atoms. The summed E-state index contributed by atoms with van der Waals surface area (Å²) >= 11 is 0. The van der Waals surface area contributed by atoms with Gasteiger partial charge in [-0.1, -0.05) is 6.07 Å². The normalized spacial score (nSPS) is 10.1. The third-order valence-corrected chi connectivity index (χ3v) is 2.36. The molecule has 0 aliphatic heterocycles. The number of nitrogen functional groups attached to an aromatic ring is 1. The van der Waals surface area contributed by atoms with Crippen molar-refractivity contribution in [2.24, 2.45) is 0 Å². The highest BCUT2D eigenvalue weighted by atomic mass is 19.1. The molecule has 0 aliphatic carbocycles. The van der Waals surface area contributed by atoms with Crippen LogP contribution in [0.3, 0.4) is 0 Å². The van der Waals surface area contributed by atoms with Crippen molar-refractivity contribution in [3.8, 4) is 0 Å². The summed E-state index contributed by atoms with van der Waals surface area (Å²) in [6.07, 6.45) is 0. The lowest BCUT2D eigenvalue weighted by Gasteiger charge is -2.07. The largest absolute Gasteiger partial charge is 0.399 e. The average molecular weight is 247 g/mol. The topological polar surface area (TPSA) is 81.2 Å². The van der Waals surface area contributed by atoms with Gasteiger partial charge in [-0.3, -0.25) is 10.1 Å². The van der Waals surface area contributed by atoms with Gasteiger partial charge < -0.3 is 11.1 Å². The fourth-order valence-electron chi connectivity index (χ4n) is 1.52. The van der Waals surface area contributed by atoms with E-state index in [1.54, 1.807) is 24.3 Å². The molecule has 0 radical (unpaired) electrons. The van der Waals surface area contributed by atoms with Gasteiger partial charge in [-0.25, -0.2) is 0 Å². The third-order valence-electron chi connectivity index (χ3n) is 2.36. The minimum Gasteiger partial charge on any atom is -0.399 e. The lowest BCUT2D eigenvalue weighted by Crippen LogP contribution is -1.99. The molecule has 0 aliphatic rings. The highest BCUT2D eigenvalue weighted by molar-refractivity contribution is 5.70. The Morgan fingerprint density at radius 3 is 2.44 bits per heavy atom. The minimum absolute atomic E-state index is 0.102. The van der Waals surface area contributed by atoms with E-state index in [1.165, 1.54) is 12.1 Å². The number of nitro benzene ring substituents is 1. The zero-order chi connectivity index (χ0) is 13.1. The van der Waals surface area contributed by atoms with Crippen molar-refractivity contribution in [1.29, 1.82) is 0 Å². The zero-order valence-corrected chi connectivity index (χ0v) is 9.26. The van der Waals surface area contributed by atoms with Gasteiger partial charge >= 0.3 is 5.69 Å². The molecule has 0 fully saturated rings. The standard InChI is InChI=1S/C12H10FN3O2/c13-10-2-1-3-11(12(10)16(17)18)15-9-6-4-8(14)5-7-9/h1-7,15H,14H2.